The van der Waals surface area contributed by atoms with Crippen molar-refractivity contribution in [2.24, 2.45) is 0 Å². The van der Waals surface area contributed by atoms with Gasteiger partial charge in [-0.2, -0.15) is 0 Å². The fourth-order valence-electron chi connectivity index (χ4n) is 3.24. The highest BCUT2D eigenvalue weighted by atomic mass is 35.5. The monoisotopic (exact) mass is 473 g/mol. The summed E-state index contributed by atoms with van der Waals surface area (Å²) < 4.78 is 5.66. The van der Waals surface area contributed by atoms with E-state index in [1.807, 2.05) is 36.4 Å². The van der Waals surface area contributed by atoms with Crippen molar-refractivity contribution >= 4 is 28.9 Å². The zero-order valence-corrected chi connectivity index (χ0v) is 18.9. The predicted octanol–water partition coefficient (Wildman–Crippen LogP) is 4.74. The lowest BCUT2D eigenvalue weighted by Crippen LogP contribution is -2.00. The van der Waals surface area contributed by atoms with E-state index in [2.05, 4.69) is 24.9 Å². The first kappa shape index (κ1) is 23.0. The number of halogens is 1. The van der Waals surface area contributed by atoms with E-state index in [0.717, 1.165) is 47.1 Å². The molecule has 4 aromatic heterocycles. The lowest BCUT2D eigenvalue weighted by Gasteiger charge is -2.06. The predicted molar refractivity (Wildman–Crippen MR) is 130 cm³/mol. The molecule has 34 heavy (non-hydrogen) atoms. The SMILES string of the molecule is CO.O=Cc1ccnc(COc2ccc(-c3ccc(-c4nc5ccc(Cl)cc5[nH]4)cn3)cn2)c1. The van der Waals surface area contributed by atoms with Crippen LogP contribution in [0, 0.1) is 0 Å². The number of carbonyl (C=O) groups excluding carboxylic acids is 1. The van der Waals surface area contributed by atoms with Crippen molar-refractivity contribution in [3.63, 3.8) is 0 Å². The summed E-state index contributed by atoms with van der Waals surface area (Å²) in [6, 6.07) is 16.4. The van der Waals surface area contributed by atoms with Crippen LogP contribution in [-0.2, 0) is 6.61 Å². The number of pyridine rings is 3. The largest absolute Gasteiger partial charge is 0.471 e. The number of aldehydes is 1. The molecule has 0 unspecified atom stereocenters. The van der Waals surface area contributed by atoms with Gasteiger partial charge in [0.2, 0.25) is 5.88 Å². The Hall–Kier alpha value is -4.14. The molecule has 170 valence electrons. The molecule has 2 N–H and O–H groups in total. The standard InChI is InChI=1S/C24H16ClN5O2.CH4O/c25-18-3-5-21-22(10-18)30-24(29-21)17-1-4-20(27-12-17)16-2-6-23(28-11-16)32-14-19-9-15(13-31)7-8-26-19;1-2/h1-13H,14H2,(H,29,30);2H,1H3. The van der Waals surface area contributed by atoms with Crippen LogP contribution in [0.25, 0.3) is 33.7 Å². The minimum atomic E-state index is 0.226. The number of carbonyl (C=O) groups is 1. The lowest BCUT2D eigenvalue weighted by molar-refractivity contribution is 0.112. The van der Waals surface area contributed by atoms with Gasteiger partial charge in [-0.05, 0) is 48.5 Å². The number of aromatic nitrogens is 5. The Morgan fingerprint density at radius 3 is 2.53 bits per heavy atom. The molecule has 0 fully saturated rings. The van der Waals surface area contributed by atoms with Gasteiger partial charge in [0, 0.05) is 53.5 Å². The van der Waals surface area contributed by atoms with Gasteiger partial charge in [-0.3, -0.25) is 14.8 Å². The summed E-state index contributed by atoms with van der Waals surface area (Å²) in [6.07, 6.45) is 5.83. The second kappa shape index (κ2) is 10.7. The van der Waals surface area contributed by atoms with E-state index in [9.17, 15) is 4.79 Å². The number of H-pyrrole nitrogens is 1. The third kappa shape index (κ3) is 5.25. The van der Waals surface area contributed by atoms with Crippen molar-refractivity contribution in [3.05, 3.63) is 89.5 Å². The van der Waals surface area contributed by atoms with Gasteiger partial charge in [0.05, 0.1) is 22.4 Å². The zero-order valence-electron chi connectivity index (χ0n) is 18.1. The first-order valence-corrected chi connectivity index (χ1v) is 10.6. The number of aliphatic hydroxyl groups is 1. The molecule has 0 aliphatic heterocycles. The van der Waals surface area contributed by atoms with Crippen molar-refractivity contribution in [1.29, 1.82) is 0 Å². The third-order valence-electron chi connectivity index (χ3n) is 4.86. The van der Waals surface area contributed by atoms with Crippen molar-refractivity contribution in [2.75, 3.05) is 7.11 Å². The smallest absolute Gasteiger partial charge is 0.213 e. The molecule has 0 aliphatic carbocycles. The molecule has 0 spiro atoms. The highest BCUT2D eigenvalue weighted by Crippen LogP contribution is 2.25. The quantitative estimate of drug-likeness (QED) is 0.342. The Morgan fingerprint density at radius 2 is 1.79 bits per heavy atom. The van der Waals surface area contributed by atoms with E-state index >= 15 is 0 Å². The van der Waals surface area contributed by atoms with Crippen LogP contribution in [0.15, 0.2) is 73.2 Å². The minimum absolute atomic E-state index is 0.226. The summed E-state index contributed by atoms with van der Waals surface area (Å²) in [4.78, 5) is 31.8. The number of benzene rings is 1. The summed E-state index contributed by atoms with van der Waals surface area (Å²) in [6.45, 7) is 0.226. The molecule has 0 bridgehead atoms. The second-order valence-electron chi connectivity index (χ2n) is 7.05. The maximum atomic E-state index is 10.9. The molecule has 8 nitrogen and oxygen atoms in total. The first-order chi connectivity index (χ1) is 16.7. The number of hydrogen-bond acceptors (Lipinski definition) is 7. The van der Waals surface area contributed by atoms with Gasteiger partial charge in [-0.15, -0.1) is 0 Å². The molecule has 4 heterocycles. The second-order valence-corrected chi connectivity index (χ2v) is 7.49. The molecule has 1 aromatic carbocycles. The number of ether oxygens (including phenoxy) is 1. The maximum absolute atomic E-state index is 10.9. The molecule has 0 saturated carbocycles. The van der Waals surface area contributed by atoms with Crippen LogP contribution >= 0.6 is 11.6 Å². The molecule has 0 amide bonds. The van der Waals surface area contributed by atoms with Gasteiger partial charge >= 0.3 is 0 Å². The van der Waals surface area contributed by atoms with Gasteiger partial charge in [-0.1, -0.05) is 11.6 Å². The fraction of sp³-hybridized carbons (Fsp3) is 0.0800. The Morgan fingerprint density at radius 1 is 0.971 bits per heavy atom. The molecule has 0 saturated heterocycles. The molecule has 9 heteroatoms. The van der Waals surface area contributed by atoms with Crippen LogP contribution in [0.3, 0.4) is 0 Å². The third-order valence-corrected chi connectivity index (χ3v) is 5.09. The summed E-state index contributed by atoms with van der Waals surface area (Å²) in [5.41, 5.74) is 5.46. The van der Waals surface area contributed by atoms with E-state index in [-0.39, 0.29) is 6.61 Å². The molecule has 0 atom stereocenters. The first-order valence-electron chi connectivity index (χ1n) is 10.2. The summed E-state index contributed by atoms with van der Waals surface area (Å²) in [5, 5.41) is 7.66. The van der Waals surface area contributed by atoms with E-state index in [4.69, 9.17) is 21.4 Å². The van der Waals surface area contributed by atoms with E-state index < -0.39 is 0 Å². The van der Waals surface area contributed by atoms with Crippen molar-refractivity contribution in [2.45, 2.75) is 6.61 Å². The van der Waals surface area contributed by atoms with Gasteiger partial charge in [0.15, 0.2) is 0 Å². The average Bonchev–Trinajstić information content (AvgIpc) is 3.32. The zero-order chi connectivity index (χ0) is 23.9. The number of rotatable bonds is 6. The Labute approximate surface area is 200 Å². The topological polar surface area (TPSA) is 114 Å². The molecule has 5 rings (SSSR count). The lowest BCUT2D eigenvalue weighted by atomic mass is 10.1. The number of nitrogens with zero attached hydrogens (tertiary/aromatic N) is 4. The Balaban J connectivity index is 0.00000133. The van der Waals surface area contributed by atoms with Gasteiger partial charge in [0.25, 0.3) is 0 Å². The summed E-state index contributed by atoms with van der Waals surface area (Å²) >= 11 is 6.05. The molecule has 0 aliphatic rings. The van der Waals surface area contributed by atoms with Gasteiger partial charge in [-0.25, -0.2) is 9.97 Å². The van der Waals surface area contributed by atoms with Crippen LogP contribution in [0.5, 0.6) is 5.88 Å². The number of fused-ring (bicyclic) bond motifs is 1. The van der Waals surface area contributed by atoms with Gasteiger partial charge < -0.3 is 14.8 Å². The maximum Gasteiger partial charge on any atom is 0.213 e. The minimum Gasteiger partial charge on any atom is -0.471 e. The molecule has 5 aromatic rings. The highest BCUT2D eigenvalue weighted by molar-refractivity contribution is 6.31. The van der Waals surface area contributed by atoms with Crippen molar-refractivity contribution in [1.82, 2.24) is 24.9 Å². The number of imidazole rings is 1. The average molecular weight is 474 g/mol. The van der Waals surface area contributed by atoms with Crippen LogP contribution in [0.1, 0.15) is 16.1 Å². The Bertz CT molecular complexity index is 1400. The fourth-order valence-corrected chi connectivity index (χ4v) is 3.41. The molecular weight excluding hydrogens is 454 g/mol. The number of hydrogen-bond donors (Lipinski definition) is 2. The van der Waals surface area contributed by atoms with E-state index in [1.165, 1.54) is 0 Å². The van der Waals surface area contributed by atoms with E-state index in [1.54, 1.807) is 36.8 Å². The molecular formula is C25H20ClN5O3. The van der Waals surface area contributed by atoms with Crippen LogP contribution < -0.4 is 4.74 Å². The summed E-state index contributed by atoms with van der Waals surface area (Å²) in [7, 11) is 1.00. The summed E-state index contributed by atoms with van der Waals surface area (Å²) in [5.74, 6) is 1.19. The number of aromatic amines is 1. The van der Waals surface area contributed by atoms with Crippen molar-refractivity contribution < 1.29 is 14.6 Å². The van der Waals surface area contributed by atoms with Crippen molar-refractivity contribution in [3.8, 4) is 28.5 Å². The highest BCUT2D eigenvalue weighted by Gasteiger charge is 2.08. The normalized spacial score (nSPS) is 10.4. The Kier molecular flexibility index (Phi) is 7.22. The number of aliphatic hydroxyl groups excluding tert-OH is 1. The number of nitrogens with one attached hydrogen (secondary N) is 1. The molecule has 0 radical (unpaired) electrons. The van der Waals surface area contributed by atoms with Crippen LogP contribution in [0.2, 0.25) is 5.02 Å². The van der Waals surface area contributed by atoms with Crippen LogP contribution in [0.4, 0.5) is 0 Å². The van der Waals surface area contributed by atoms with E-state index in [0.29, 0.717) is 22.2 Å². The van der Waals surface area contributed by atoms with Gasteiger partial charge in [0.1, 0.15) is 18.7 Å². The van der Waals surface area contributed by atoms with Crippen LogP contribution in [-0.4, -0.2) is 43.4 Å².